The van der Waals surface area contributed by atoms with Gasteiger partial charge in [-0.15, -0.1) is 0 Å². The molecule has 3 saturated heterocycles. The zero-order valence-corrected chi connectivity index (χ0v) is 16.2. The van der Waals surface area contributed by atoms with Crippen molar-refractivity contribution in [1.82, 2.24) is 15.1 Å². The summed E-state index contributed by atoms with van der Waals surface area (Å²) in [6.45, 7) is 2.35. The number of morpholine rings is 1. The molecule has 3 aliphatic heterocycles. The van der Waals surface area contributed by atoms with Gasteiger partial charge >= 0.3 is 6.03 Å². The number of likely N-dealkylation sites (tertiary alicyclic amines) is 2. The van der Waals surface area contributed by atoms with E-state index in [4.69, 9.17) is 21.1 Å². The van der Waals surface area contributed by atoms with E-state index in [0.29, 0.717) is 44.8 Å². The molecular weight excluding hydrogens is 389 g/mol. The van der Waals surface area contributed by atoms with Crippen molar-refractivity contribution < 1.29 is 23.5 Å². The third kappa shape index (κ3) is 4.17. The van der Waals surface area contributed by atoms with Gasteiger partial charge in [0.05, 0.1) is 17.2 Å². The molecule has 1 aromatic carbocycles. The lowest BCUT2D eigenvalue weighted by molar-refractivity contribution is -0.139. The largest absolute Gasteiger partial charge is 0.489 e. The van der Waals surface area contributed by atoms with E-state index in [1.807, 2.05) is 4.90 Å². The van der Waals surface area contributed by atoms with Gasteiger partial charge in [-0.05, 0) is 24.6 Å². The molecule has 0 aliphatic carbocycles. The van der Waals surface area contributed by atoms with Crippen molar-refractivity contribution in [3.8, 4) is 5.75 Å². The van der Waals surface area contributed by atoms with Crippen molar-refractivity contribution in [1.29, 1.82) is 0 Å². The van der Waals surface area contributed by atoms with E-state index in [2.05, 4.69) is 5.32 Å². The summed E-state index contributed by atoms with van der Waals surface area (Å²) >= 11 is 6.02. The highest BCUT2D eigenvalue weighted by molar-refractivity contribution is 6.32. The quantitative estimate of drug-likeness (QED) is 0.808. The molecule has 0 radical (unpaired) electrons. The lowest BCUT2D eigenvalue weighted by atomic mass is 10.0. The number of benzene rings is 1. The van der Waals surface area contributed by atoms with Crippen molar-refractivity contribution in [3.63, 3.8) is 0 Å². The topological polar surface area (TPSA) is 71.1 Å². The smallest absolute Gasteiger partial charge is 0.320 e. The van der Waals surface area contributed by atoms with E-state index in [0.717, 1.165) is 6.42 Å². The van der Waals surface area contributed by atoms with E-state index in [1.165, 1.54) is 18.2 Å². The van der Waals surface area contributed by atoms with Crippen molar-refractivity contribution in [2.24, 2.45) is 0 Å². The fraction of sp³-hybridized carbons (Fsp3) is 0.579. The number of amides is 3. The van der Waals surface area contributed by atoms with E-state index in [1.54, 1.807) is 4.90 Å². The zero-order valence-electron chi connectivity index (χ0n) is 15.4. The summed E-state index contributed by atoms with van der Waals surface area (Å²) in [5.74, 6) is -0.0722. The van der Waals surface area contributed by atoms with E-state index < -0.39 is 5.82 Å². The maximum Gasteiger partial charge on any atom is 0.320 e. The fourth-order valence-electron chi connectivity index (χ4n) is 3.99. The predicted molar refractivity (Wildman–Crippen MR) is 99.9 cm³/mol. The third-order valence-electron chi connectivity index (χ3n) is 5.49. The summed E-state index contributed by atoms with van der Waals surface area (Å²) in [5, 5.41) is 3.16. The van der Waals surface area contributed by atoms with Crippen LogP contribution >= 0.6 is 11.6 Å². The zero-order chi connectivity index (χ0) is 19.7. The Labute approximate surface area is 167 Å². The first-order valence-electron chi connectivity index (χ1n) is 9.56. The molecule has 0 aromatic heterocycles. The lowest BCUT2D eigenvalue weighted by Crippen LogP contribution is -2.62. The Morgan fingerprint density at radius 2 is 1.96 bits per heavy atom. The van der Waals surface area contributed by atoms with Gasteiger partial charge < -0.3 is 24.6 Å². The summed E-state index contributed by atoms with van der Waals surface area (Å²) in [5.41, 5.74) is 0. The van der Waals surface area contributed by atoms with Gasteiger partial charge in [-0.3, -0.25) is 4.79 Å². The molecule has 28 heavy (non-hydrogen) atoms. The molecule has 0 saturated carbocycles. The molecule has 4 rings (SSSR count). The van der Waals surface area contributed by atoms with Gasteiger partial charge in [-0.1, -0.05) is 11.6 Å². The van der Waals surface area contributed by atoms with Crippen molar-refractivity contribution in [3.05, 3.63) is 29.0 Å². The number of nitrogens with one attached hydrogen (secondary N) is 1. The number of hydrogen-bond donors (Lipinski definition) is 1. The number of piperidine rings is 2. The monoisotopic (exact) mass is 411 g/mol. The van der Waals surface area contributed by atoms with E-state index >= 15 is 0 Å². The summed E-state index contributed by atoms with van der Waals surface area (Å²) in [6, 6.07) is 3.92. The molecule has 3 fully saturated rings. The molecule has 9 heteroatoms. The molecule has 3 amide bonds. The van der Waals surface area contributed by atoms with Crippen LogP contribution in [0.25, 0.3) is 0 Å². The number of carbonyl (C=O) groups is 2. The summed E-state index contributed by atoms with van der Waals surface area (Å²) < 4.78 is 24.6. The summed E-state index contributed by atoms with van der Waals surface area (Å²) in [4.78, 5) is 28.0. The molecule has 1 aromatic rings. The fourth-order valence-corrected chi connectivity index (χ4v) is 4.20. The minimum absolute atomic E-state index is 0.0126. The van der Waals surface area contributed by atoms with Crippen LogP contribution in [0.1, 0.15) is 19.3 Å². The predicted octanol–water partition coefficient (Wildman–Crippen LogP) is 2.03. The Morgan fingerprint density at radius 1 is 1.21 bits per heavy atom. The molecular formula is C19H23ClFN3O4. The molecule has 1 unspecified atom stereocenters. The van der Waals surface area contributed by atoms with Crippen molar-refractivity contribution in [2.75, 3.05) is 32.8 Å². The SMILES string of the molecule is O=C1COC2CCN(C(=O)N3CCC(Oc4ccc(F)cc4Cl)CC3)C[C@@H]2N1. The molecule has 3 aliphatic rings. The second-order valence-corrected chi connectivity index (χ2v) is 7.83. The summed E-state index contributed by atoms with van der Waals surface area (Å²) in [7, 11) is 0. The highest BCUT2D eigenvalue weighted by Crippen LogP contribution is 2.28. The standard InChI is InChI=1S/C19H23ClFN3O4/c20-14-9-12(21)1-2-16(14)28-13-3-6-23(7-4-13)19(26)24-8-5-17-15(10-24)22-18(25)11-27-17/h1-2,9,13,15,17H,3-8,10-11H2,(H,22,25)/t15-,17?/m0/s1. The highest BCUT2D eigenvalue weighted by Gasteiger charge is 2.38. The number of nitrogens with zero attached hydrogens (tertiary/aromatic N) is 2. The normalized spacial score (nSPS) is 25.9. The molecule has 0 bridgehead atoms. The first-order chi connectivity index (χ1) is 13.5. The number of ether oxygens (including phenoxy) is 2. The van der Waals surface area contributed by atoms with Crippen molar-refractivity contribution in [2.45, 2.75) is 37.5 Å². The number of hydrogen-bond acceptors (Lipinski definition) is 4. The van der Waals surface area contributed by atoms with Crippen molar-refractivity contribution >= 4 is 23.5 Å². The van der Waals surface area contributed by atoms with Crippen LogP contribution in [-0.4, -0.2) is 72.8 Å². The number of halogens is 2. The Kier molecular flexibility index (Phi) is 5.59. The third-order valence-corrected chi connectivity index (χ3v) is 5.79. The Bertz CT molecular complexity index is 757. The highest BCUT2D eigenvalue weighted by atomic mass is 35.5. The lowest BCUT2D eigenvalue weighted by Gasteiger charge is -2.43. The van der Waals surface area contributed by atoms with Crippen LogP contribution in [0.2, 0.25) is 5.02 Å². The molecule has 1 N–H and O–H groups in total. The van der Waals surface area contributed by atoms with E-state index in [9.17, 15) is 14.0 Å². The Balaban J connectivity index is 1.28. The average Bonchev–Trinajstić information content (AvgIpc) is 2.69. The molecule has 0 spiro atoms. The Hall–Kier alpha value is -2.06. The average molecular weight is 412 g/mol. The number of rotatable bonds is 2. The van der Waals surface area contributed by atoms with Gasteiger partial charge in [0.15, 0.2) is 0 Å². The molecule has 152 valence electrons. The van der Waals surface area contributed by atoms with Crippen LogP contribution in [0.15, 0.2) is 18.2 Å². The van der Waals surface area contributed by atoms with Gasteiger partial charge in [0.25, 0.3) is 0 Å². The van der Waals surface area contributed by atoms with Crippen LogP contribution in [-0.2, 0) is 9.53 Å². The number of urea groups is 1. The van der Waals surface area contributed by atoms with Gasteiger partial charge in [0.2, 0.25) is 5.91 Å². The van der Waals surface area contributed by atoms with Crippen LogP contribution in [0.4, 0.5) is 9.18 Å². The molecule has 3 heterocycles. The second-order valence-electron chi connectivity index (χ2n) is 7.42. The number of carbonyl (C=O) groups excluding carboxylic acids is 2. The second kappa shape index (κ2) is 8.13. The molecule has 7 nitrogen and oxygen atoms in total. The van der Waals surface area contributed by atoms with Crippen LogP contribution < -0.4 is 10.1 Å². The Morgan fingerprint density at radius 3 is 2.71 bits per heavy atom. The summed E-state index contributed by atoms with van der Waals surface area (Å²) in [6.07, 6.45) is 2.00. The van der Waals surface area contributed by atoms with Gasteiger partial charge in [0.1, 0.15) is 24.3 Å². The molecule has 2 atom stereocenters. The van der Waals surface area contributed by atoms with E-state index in [-0.39, 0.29) is 41.8 Å². The minimum Gasteiger partial charge on any atom is -0.489 e. The maximum absolute atomic E-state index is 13.1. The van der Waals surface area contributed by atoms with Gasteiger partial charge in [-0.25, -0.2) is 9.18 Å². The van der Waals surface area contributed by atoms with Gasteiger partial charge in [-0.2, -0.15) is 0 Å². The van der Waals surface area contributed by atoms with Gasteiger partial charge in [0, 0.05) is 39.0 Å². The maximum atomic E-state index is 13.1. The minimum atomic E-state index is -0.402. The van der Waals surface area contributed by atoms with Crippen LogP contribution in [0.5, 0.6) is 5.75 Å². The first kappa shape index (κ1) is 19.3. The van der Waals surface area contributed by atoms with Crippen LogP contribution in [0, 0.1) is 5.82 Å². The number of fused-ring (bicyclic) bond motifs is 1. The van der Waals surface area contributed by atoms with Crippen LogP contribution in [0.3, 0.4) is 0 Å². The first-order valence-corrected chi connectivity index (χ1v) is 9.94.